The third-order valence-electron chi connectivity index (χ3n) is 4.93. The maximum atomic E-state index is 12.3. The van der Waals surface area contributed by atoms with Gasteiger partial charge >= 0.3 is 6.09 Å². The lowest BCUT2D eigenvalue weighted by atomic mass is 10.2. The monoisotopic (exact) mass is 437 g/mol. The predicted octanol–water partition coefficient (Wildman–Crippen LogP) is 4.61. The number of carbonyl (C=O) groups excluding carboxylic acids is 1. The number of hydrogen-bond acceptors (Lipinski definition) is 6. The Hall–Kier alpha value is -3.71. The minimum atomic E-state index is -0.887. The van der Waals surface area contributed by atoms with Crippen molar-refractivity contribution in [2.45, 2.75) is 0 Å². The van der Waals surface area contributed by atoms with Crippen molar-refractivity contribution in [2.75, 3.05) is 55.2 Å². The van der Waals surface area contributed by atoms with Gasteiger partial charge in [0.15, 0.2) is 6.79 Å². The van der Waals surface area contributed by atoms with Crippen molar-refractivity contribution in [3.8, 4) is 11.5 Å². The maximum absolute atomic E-state index is 12.3. The first-order valence-electron chi connectivity index (χ1n) is 12.2. The van der Waals surface area contributed by atoms with Gasteiger partial charge in [-0.3, -0.25) is 5.32 Å². The zero-order valence-electron chi connectivity index (χ0n) is 21.8. The summed E-state index contributed by atoms with van der Waals surface area (Å²) in [6, 6.07) is 15.0. The van der Waals surface area contributed by atoms with E-state index in [9.17, 15) is 4.79 Å². The number of anilines is 3. The molecule has 3 aromatic carbocycles. The van der Waals surface area contributed by atoms with Gasteiger partial charge in [0.25, 0.3) is 0 Å². The molecule has 0 saturated carbocycles. The van der Waals surface area contributed by atoms with E-state index in [1.54, 1.807) is 37.4 Å². The van der Waals surface area contributed by atoms with Crippen LogP contribution in [-0.4, -0.2) is 46.2 Å². The van der Waals surface area contributed by atoms with Gasteiger partial charge in [0.1, 0.15) is 11.5 Å². The maximum Gasteiger partial charge on any atom is 0.417 e. The molecule has 3 aromatic rings. The molecule has 1 N–H and O–H groups in total. The van der Waals surface area contributed by atoms with E-state index < -0.39 is 6.09 Å². The van der Waals surface area contributed by atoms with E-state index in [2.05, 4.69) is 10.2 Å². The van der Waals surface area contributed by atoms with Gasteiger partial charge in [-0.15, -0.1) is 0 Å². The number of methoxy groups -OCH3 is 1. The number of hydrogen-bond donors (Lipinski definition) is 1. The predicted molar refractivity (Wildman–Crippen MR) is 126 cm³/mol. The van der Waals surface area contributed by atoms with E-state index in [-0.39, 0.29) is 42.3 Å². The largest absolute Gasteiger partial charge is 0.468 e. The number of nitrogens with zero attached hydrogens (tertiary/aromatic N) is 2. The average molecular weight is 438 g/mol. The Kier molecular flexibility index (Phi) is 5.58. The number of rotatable bonds is 7. The molecule has 166 valence electrons. The highest BCUT2D eigenvalue weighted by atomic mass is 16.7. The summed E-state index contributed by atoms with van der Waals surface area (Å²) in [5, 5.41) is 2.36. The fourth-order valence-electron chi connectivity index (χ4n) is 3.32. The van der Waals surface area contributed by atoms with Gasteiger partial charge in [0, 0.05) is 50.4 Å². The Morgan fingerprint density at radius 2 is 1.50 bits per heavy atom. The van der Waals surface area contributed by atoms with E-state index >= 15 is 0 Å². The SMILES string of the molecule is [2H]c1c([2H])c(N2CCN(c3ccc(OCOC)cc3)CC2)c([2H])c([2H])c1NC(=O)Oc1ccccc1. The molecule has 7 nitrogen and oxygen atoms in total. The molecule has 1 saturated heterocycles. The fourth-order valence-corrected chi connectivity index (χ4v) is 3.32. The summed E-state index contributed by atoms with van der Waals surface area (Å²) in [6.45, 7) is 2.49. The van der Waals surface area contributed by atoms with E-state index in [0.717, 1.165) is 5.69 Å². The summed E-state index contributed by atoms with van der Waals surface area (Å²) in [6.07, 6.45) is -0.887. The number of amides is 1. The summed E-state index contributed by atoms with van der Waals surface area (Å²) >= 11 is 0. The van der Waals surface area contributed by atoms with Crippen LogP contribution in [0.5, 0.6) is 11.5 Å². The number of piperazine rings is 1. The van der Waals surface area contributed by atoms with Crippen molar-refractivity contribution in [3.63, 3.8) is 0 Å². The van der Waals surface area contributed by atoms with Gasteiger partial charge in [-0.05, 0) is 60.6 Å². The van der Waals surface area contributed by atoms with E-state index in [1.165, 1.54) is 0 Å². The zero-order valence-corrected chi connectivity index (χ0v) is 17.8. The summed E-state index contributed by atoms with van der Waals surface area (Å²) in [7, 11) is 1.57. The smallest absolute Gasteiger partial charge is 0.417 e. The number of carbonyl (C=O) groups is 1. The Morgan fingerprint density at radius 1 is 0.875 bits per heavy atom. The molecule has 0 aromatic heterocycles. The van der Waals surface area contributed by atoms with Crippen LogP contribution in [0.2, 0.25) is 0 Å². The van der Waals surface area contributed by atoms with Crippen molar-refractivity contribution in [3.05, 3.63) is 78.8 Å². The number of para-hydroxylation sites is 1. The molecular weight excluding hydrogens is 406 g/mol. The molecule has 0 spiro atoms. The van der Waals surface area contributed by atoms with Crippen molar-refractivity contribution >= 4 is 23.2 Å². The lowest BCUT2D eigenvalue weighted by Crippen LogP contribution is -2.46. The first kappa shape index (κ1) is 16.9. The van der Waals surface area contributed by atoms with Crippen molar-refractivity contribution in [1.82, 2.24) is 0 Å². The van der Waals surface area contributed by atoms with Crippen LogP contribution in [0.1, 0.15) is 5.48 Å². The molecule has 0 unspecified atom stereocenters. The number of nitrogens with one attached hydrogen (secondary N) is 1. The Balaban J connectivity index is 1.45. The second-order valence-electron chi connectivity index (χ2n) is 7.07. The quantitative estimate of drug-likeness (QED) is 0.545. The molecule has 0 bridgehead atoms. The van der Waals surface area contributed by atoms with Crippen molar-refractivity contribution in [1.29, 1.82) is 0 Å². The lowest BCUT2D eigenvalue weighted by molar-refractivity contribution is 0.0511. The number of ether oxygens (including phenoxy) is 3. The van der Waals surface area contributed by atoms with Gasteiger partial charge in [0.2, 0.25) is 0 Å². The molecule has 1 heterocycles. The molecule has 1 aliphatic rings. The Bertz CT molecular complexity index is 1180. The Labute approximate surface area is 193 Å². The summed E-state index contributed by atoms with van der Waals surface area (Å²) in [5.74, 6) is 1.01. The Morgan fingerprint density at radius 3 is 2.12 bits per heavy atom. The molecule has 4 rings (SSSR count). The molecular formula is C25H27N3O4. The second kappa shape index (κ2) is 10.5. The first-order chi connectivity index (χ1) is 17.4. The highest BCUT2D eigenvalue weighted by molar-refractivity contribution is 5.86. The molecule has 32 heavy (non-hydrogen) atoms. The standard InChI is InChI=1S/C25H27N3O4/c1-30-19-31-23-13-11-22(12-14-23)28-17-15-27(16-18-28)21-9-7-20(8-10-21)26-25(29)32-24-5-3-2-4-6-24/h2-14H,15-19H2,1H3,(H,26,29)/i7D,8D,9D,10D. The van der Waals surface area contributed by atoms with Gasteiger partial charge in [0.05, 0.1) is 5.48 Å². The first-order valence-corrected chi connectivity index (χ1v) is 10.2. The highest BCUT2D eigenvalue weighted by Crippen LogP contribution is 2.24. The second-order valence-corrected chi connectivity index (χ2v) is 7.07. The van der Waals surface area contributed by atoms with E-state index in [0.29, 0.717) is 37.7 Å². The minimum absolute atomic E-state index is 0.182. The molecule has 0 aliphatic carbocycles. The van der Waals surface area contributed by atoms with Crippen LogP contribution >= 0.6 is 0 Å². The topological polar surface area (TPSA) is 63.3 Å². The summed E-state index contributed by atoms with van der Waals surface area (Å²) in [4.78, 5) is 16.3. The third-order valence-corrected chi connectivity index (χ3v) is 4.93. The zero-order chi connectivity index (χ0) is 25.7. The van der Waals surface area contributed by atoms with E-state index in [4.69, 9.17) is 19.7 Å². The van der Waals surface area contributed by atoms with Crippen LogP contribution in [-0.2, 0) is 4.74 Å². The highest BCUT2D eigenvalue weighted by Gasteiger charge is 2.18. The lowest BCUT2D eigenvalue weighted by Gasteiger charge is -2.37. The van der Waals surface area contributed by atoms with Crippen LogP contribution in [0.25, 0.3) is 0 Å². The summed E-state index contributed by atoms with van der Waals surface area (Å²) in [5.41, 5.74) is 1.02. The van der Waals surface area contributed by atoms with Gasteiger partial charge in [-0.2, -0.15) is 0 Å². The van der Waals surface area contributed by atoms with Crippen LogP contribution < -0.4 is 24.6 Å². The van der Waals surface area contributed by atoms with Gasteiger partial charge < -0.3 is 24.0 Å². The number of benzene rings is 3. The molecule has 1 fully saturated rings. The van der Waals surface area contributed by atoms with Crippen LogP contribution in [0.15, 0.2) is 78.8 Å². The van der Waals surface area contributed by atoms with Crippen LogP contribution in [0, 0.1) is 0 Å². The van der Waals surface area contributed by atoms with Gasteiger partial charge in [-0.25, -0.2) is 4.79 Å². The normalized spacial score (nSPS) is 15.3. The van der Waals surface area contributed by atoms with E-state index in [1.807, 2.05) is 29.2 Å². The van der Waals surface area contributed by atoms with Crippen molar-refractivity contribution < 1.29 is 24.5 Å². The molecule has 7 heteroatoms. The van der Waals surface area contributed by atoms with Crippen LogP contribution in [0.3, 0.4) is 0 Å². The average Bonchev–Trinajstić information content (AvgIpc) is 2.90. The minimum Gasteiger partial charge on any atom is -0.468 e. The van der Waals surface area contributed by atoms with Crippen molar-refractivity contribution in [2.24, 2.45) is 0 Å². The third kappa shape index (κ3) is 5.70. The molecule has 1 amide bonds. The molecule has 1 aliphatic heterocycles. The summed E-state index contributed by atoms with van der Waals surface area (Å²) < 4.78 is 49.3. The fraction of sp³-hybridized carbons (Fsp3) is 0.240. The van der Waals surface area contributed by atoms with Crippen LogP contribution in [0.4, 0.5) is 21.9 Å². The van der Waals surface area contributed by atoms with Gasteiger partial charge in [-0.1, -0.05) is 18.2 Å². The molecule has 0 atom stereocenters. The molecule has 0 radical (unpaired) electrons.